The van der Waals surface area contributed by atoms with Gasteiger partial charge in [0.05, 0.1) is 0 Å². The molecule has 0 saturated carbocycles. The Kier molecular flexibility index (Phi) is 3.44. The quantitative estimate of drug-likeness (QED) is 0.843. The second kappa shape index (κ2) is 5.06. The molecule has 1 aliphatic heterocycles. The van der Waals surface area contributed by atoms with Gasteiger partial charge in [-0.15, -0.1) is 0 Å². The Morgan fingerprint density at radius 1 is 1.28 bits per heavy atom. The molecule has 3 rings (SSSR count). The molecule has 0 amide bonds. The molecule has 1 fully saturated rings. The summed E-state index contributed by atoms with van der Waals surface area (Å²) in [6.45, 7) is 3.93. The lowest BCUT2D eigenvalue weighted by atomic mass is 9.85. The SMILES string of the molecule is CC(O)N1CCC(c2c[nH]c3c2CCCC3)CC1. The third-order valence-corrected chi connectivity index (χ3v) is 4.72. The van der Waals surface area contributed by atoms with E-state index in [4.69, 9.17) is 0 Å². The number of nitrogens with one attached hydrogen (secondary N) is 1. The van der Waals surface area contributed by atoms with E-state index in [2.05, 4.69) is 16.1 Å². The molecule has 0 spiro atoms. The highest BCUT2D eigenvalue weighted by Gasteiger charge is 2.26. The van der Waals surface area contributed by atoms with E-state index in [1.807, 2.05) is 6.92 Å². The number of H-pyrrole nitrogens is 1. The number of aromatic amines is 1. The van der Waals surface area contributed by atoms with E-state index in [-0.39, 0.29) is 6.23 Å². The predicted molar refractivity (Wildman–Crippen MR) is 72.7 cm³/mol. The van der Waals surface area contributed by atoms with Gasteiger partial charge in [-0.3, -0.25) is 4.90 Å². The van der Waals surface area contributed by atoms with E-state index in [9.17, 15) is 5.11 Å². The van der Waals surface area contributed by atoms with Crippen molar-refractivity contribution in [3.05, 3.63) is 23.0 Å². The number of aryl methyl sites for hydroxylation is 1. The molecule has 1 aliphatic carbocycles. The van der Waals surface area contributed by atoms with E-state index in [0.29, 0.717) is 5.92 Å². The first kappa shape index (κ1) is 12.2. The van der Waals surface area contributed by atoms with Gasteiger partial charge in [0.15, 0.2) is 0 Å². The average Bonchev–Trinajstić information content (AvgIpc) is 2.82. The molecule has 1 aromatic heterocycles. The fourth-order valence-corrected chi connectivity index (χ4v) is 3.58. The minimum atomic E-state index is -0.286. The number of hydrogen-bond acceptors (Lipinski definition) is 2. The number of fused-ring (bicyclic) bond motifs is 1. The number of aliphatic hydroxyl groups is 1. The van der Waals surface area contributed by atoms with Crippen LogP contribution in [0.25, 0.3) is 0 Å². The molecular formula is C15H24N2O. The number of piperidine rings is 1. The summed E-state index contributed by atoms with van der Waals surface area (Å²) in [6, 6.07) is 0. The van der Waals surface area contributed by atoms with Crippen molar-refractivity contribution in [3.8, 4) is 0 Å². The Balaban J connectivity index is 1.71. The van der Waals surface area contributed by atoms with Gasteiger partial charge in [0.1, 0.15) is 6.23 Å². The molecule has 1 atom stereocenters. The average molecular weight is 248 g/mol. The molecule has 0 aromatic carbocycles. The number of hydrogen-bond donors (Lipinski definition) is 2. The van der Waals surface area contributed by atoms with E-state index < -0.39 is 0 Å². The van der Waals surface area contributed by atoms with Crippen LogP contribution in [0.2, 0.25) is 0 Å². The summed E-state index contributed by atoms with van der Waals surface area (Å²) in [5.74, 6) is 0.707. The summed E-state index contributed by atoms with van der Waals surface area (Å²) in [5.41, 5.74) is 4.70. The lowest BCUT2D eigenvalue weighted by Gasteiger charge is -2.34. The maximum Gasteiger partial charge on any atom is 0.104 e. The minimum Gasteiger partial charge on any atom is -0.379 e. The first-order chi connectivity index (χ1) is 8.75. The van der Waals surface area contributed by atoms with Crippen molar-refractivity contribution in [1.29, 1.82) is 0 Å². The Bertz CT molecular complexity index is 403. The van der Waals surface area contributed by atoms with Crippen LogP contribution in [0.15, 0.2) is 6.20 Å². The molecule has 1 unspecified atom stereocenters. The van der Waals surface area contributed by atoms with Crippen LogP contribution in [0.5, 0.6) is 0 Å². The molecule has 2 N–H and O–H groups in total. The van der Waals surface area contributed by atoms with Crippen molar-refractivity contribution in [2.45, 2.75) is 57.6 Å². The van der Waals surface area contributed by atoms with Crippen molar-refractivity contribution in [2.24, 2.45) is 0 Å². The van der Waals surface area contributed by atoms with Gasteiger partial charge in [-0.2, -0.15) is 0 Å². The Hall–Kier alpha value is -0.800. The van der Waals surface area contributed by atoms with E-state index >= 15 is 0 Å². The maximum atomic E-state index is 9.61. The van der Waals surface area contributed by atoms with Crippen molar-refractivity contribution in [1.82, 2.24) is 9.88 Å². The monoisotopic (exact) mass is 248 g/mol. The molecule has 18 heavy (non-hydrogen) atoms. The number of nitrogens with zero attached hydrogens (tertiary/aromatic N) is 1. The third-order valence-electron chi connectivity index (χ3n) is 4.72. The molecule has 100 valence electrons. The lowest BCUT2D eigenvalue weighted by molar-refractivity contribution is 0.00301. The highest BCUT2D eigenvalue weighted by Crippen LogP contribution is 2.34. The van der Waals surface area contributed by atoms with Gasteiger partial charge in [-0.1, -0.05) is 0 Å². The molecule has 2 heterocycles. The highest BCUT2D eigenvalue weighted by atomic mass is 16.3. The van der Waals surface area contributed by atoms with Crippen molar-refractivity contribution in [3.63, 3.8) is 0 Å². The van der Waals surface area contributed by atoms with Crippen LogP contribution in [0.3, 0.4) is 0 Å². The van der Waals surface area contributed by atoms with E-state index in [0.717, 1.165) is 13.1 Å². The summed E-state index contributed by atoms with van der Waals surface area (Å²) < 4.78 is 0. The molecule has 3 heteroatoms. The molecular weight excluding hydrogens is 224 g/mol. The molecule has 0 bridgehead atoms. The normalized spacial score (nSPS) is 23.9. The zero-order valence-corrected chi connectivity index (χ0v) is 11.3. The smallest absolute Gasteiger partial charge is 0.104 e. The van der Waals surface area contributed by atoms with Crippen LogP contribution in [0.4, 0.5) is 0 Å². The number of likely N-dealkylation sites (tertiary alicyclic amines) is 1. The van der Waals surface area contributed by atoms with Crippen LogP contribution in [-0.4, -0.2) is 34.3 Å². The van der Waals surface area contributed by atoms with Crippen LogP contribution in [-0.2, 0) is 12.8 Å². The second-order valence-electron chi connectivity index (χ2n) is 5.85. The molecule has 1 aromatic rings. The number of rotatable bonds is 2. The van der Waals surface area contributed by atoms with Crippen LogP contribution in [0.1, 0.15) is 55.3 Å². The lowest BCUT2D eigenvalue weighted by Crippen LogP contribution is -2.39. The summed E-state index contributed by atoms with van der Waals surface area (Å²) in [7, 11) is 0. The van der Waals surface area contributed by atoms with Crippen LogP contribution in [0, 0.1) is 0 Å². The van der Waals surface area contributed by atoms with Gasteiger partial charge in [0.25, 0.3) is 0 Å². The largest absolute Gasteiger partial charge is 0.379 e. The van der Waals surface area contributed by atoms with Crippen molar-refractivity contribution < 1.29 is 5.11 Å². The second-order valence-corrected chi connectivity index (χ2v) is 5.85. The summed E-state index contributed by atoms with van der Waals surface area (Å²) >= 11 is 0. The number of aliphatic hydroxyl groups excluding tert-OH is 1. The standard InChI is InChI=1S/C15H24N2O/c1-11(18)17-8-6-12(7-9-17)14-10-16-15-5-3-2-4-13(14)15/h10-12,16,18H,2-9H2,1H3. The summed E-state index contributed by atoms with van der Waals surface area (Å²) in [5, 5.41) is 9.61. The molecule has 1 saturated heterocycles. The summed E-state index contributed by atoms with van der Waals surface area (Å²) in [6.07, 6.45) is 9.55. The third kappa shape index (κ3) is 2.21. The van der Waals surface area contributed by atoms with Gasteiger partial charge >= 0.3 is 0 Å². The van der Waals surface area contributed by atoms with Gasteiger partial charge in [-0.05, 0) is 62.5 Å². The van der Waals surface area contributed by atoms with Gasteiger partial charge < -0.3 is 10.1 Å². The predicted octanol–water partition coefficient (Wildman–Crippen LogP) is 2.41. The van der Waals surface area contributed by atoms with Crippen molar-refractivity contribution >= 4 is 0 Å². The Morgan fingerprint density at radius 2 is 2.00 bits per heavy atom. The zero-order chi connectivity index (χ0) is 12.5. The first-order valence-electron chi connectivity index (χ1n) is 7.37. The van der Waals surface area contributed by atoms with Crippen molar-refractivity contribution in [2.75, 3.05) is 13.1 Å². The fourth-order valence-electron chi connectivity index (χ4n) is 3.58. The highest BCUT2D eigenvalue weighted by molar-refractivity contribution is 5.35. The first-order valence-corrected chi connectivity index (χ1v) is 7.37. The number of aromatic nitrogens is 1. The van der Waals surface area contributed by atoms with Gasteiger partial charge in [0.2, 0.25) is 0 Å². The summed E-state index contributed by atoms with van der Waals surface area (Å²) in [4.78, 5) is 5.67. The molecule has 3 nitrogen and oxygen atoms in total. The minimum absolute atomic E-state index is 0.286. The van der Waals surface area contributed by atoms with E-state index in [1.165, 1.54) is 44.2 Å². The maximum absolute atomic E-state index is 9.61. The topological polar surface area (TPSA) is 39.3 Å². The van der Waals surface area contributed by atoms with Gasteiger partial charge in [-0.25, -0.2) is 0 Å². The fraction of sp³-hybridized carbons (Fsp3) is 0.733. The Labute approximate surface area is 109 Å². The van der Waals surface area contributed by atoms with Gasteiger partial charge in [0, 0.05) is 25.0 Å². The Morgan fingerprint density at radius 3 is 2.72 bits per heavy atom. The molecule has 0 radical (unpaired) electrons. The van der Waals surface area contributed by atoms with E-state index in [1.54, 1.807) is 11.1 Å². The van der Waals surface area contributed by atoms with Crippen LogP contribution < -0.4 is 0 Å². The molecule has 2 aliphatic rings. The van der Waals surface area contributed by atoms with Crippen LogP contribution >= 0.6 is 0 Å². The zero-order valence-electron chi connectivity index (χ0n) is 11.3.